The molecule has 0 unspecified atom stereocenters. The Labute approximate surface area is 94.4 Å². The van der Waals surface area contributed by atoms with E-state index in [1.165, 1.54) is 14.2 Å². The summed E-state index contributed by atoms with van der Waals surface area (Å²) in [6.45, 7) is 1.94. The maximum Gasteiger partial charge on any atom is 0.225 e. The zero-order chi connectivity index (χ0) is 11.5. The van der Waals surface area contributed by atoms with Crippen LogP contribution in [0.1, 0.15) is 11.5 Å². The molecule has 1 rings (SSSR count). The molecule has 1 aromatic rings. The van der Waals surface area contributed by atoms with Gasteiger partial charge < -0.3 is 15.2 Å². The van der Waals surface area contributed by atoms with Crippen molar-refractivity contribution in [2.45, 2.75) is 17.6 Å². The first-order chi connectivity index (χ1) is 7.09. The van der Waals surface area contributed by atoms with Gasteiger partial charge in [-0.05, 0) is 6.92 Å². The molecule has 0 fully saturated rings. The fourth-order valence-electron chi connectivity index (χ4n) is 1.28. The molecule has 0 aliphatic carbocycles. The third-order valence-electron chi connectivity index (χ3n) is 2.18. The molecular formula is C9H15N3O2S. The van der Waals surface area contributed by atoms with Crippen molar-refractivity contribution >= 4 is 12.6 Å². The summed E-state index contributed by atoms with van der Waals surface area (Å²) in [5, 5.41) is 0. The van der Waals surface area contributed by atoms with Crippen LogP contribution >= 0.6 is 12.6 Å². The van der Waals surface area contributed by atoms with Crippen LogP contribution < -0.4 is 5.73 Å². The molecule has 0 aliphatic rings. The summed E-state index contributed by atoms with van der Waals surface area (Å²) in [6, 6.07) is 0. The number of aromatic nitrogens is 2. The minimum absolute atomic E-state index is 0.157. The van der Waals surface area contributed by atoms with Crippen molar-refractivity contribution in [3.05, 3.63) is 17.7 Å². The van der Waals surface area contributed by atoms with Gasteiger partial charge in [-0.2, -0.15) is 0 Å². The molecule has 0 aromatic carbocycles. The van der Waals surface area contributed by atoms with E-state index in [0.29, 0.717) is 16.4 Å². The molecule has 0 radical (unpaired) electrons. The van der Waals surface area contributed by atoms with Crippen LogP contribution in [0.4, 0.5) is 0 Å². The zero-order valence-electron chi connectivity index (χ0n) is 9.02. The Morgan fingerprint density at radius 2 is 2.07 bits per heavy atom. The SMILES string of the molecule is COC(CN)(OC)c1nc(C)ncc1S. The number of methoxy groups -OCH3 is 2. The van der Waals surface area contributed by atoms with E-state index in [4.69, 9.17) is 15.2 Å². The number of aryl methyl sites for hydroxylation is 1. The van der Waals surface area contributed by atoms with Gasteiger partial charge in [0, 0.05) is 25.3 Å². The summed E-state index contributed by atoms with van der Waals surface area (Å²) in [4.78, 5) is 8.85. The lowest BCUT2D eigenvalue weighted by atomic mass is 10.2. The molecule has 0 amide bonds. The van der Waals surface area contributed by atoms with Crippen molar-refractivity contribution in [1.29, 1.82) is 0 Å². The molecule has 1 aromatic heterocycles. The van der Waals surface area contributed by atoms with E-state index in [1.807, 2.05) is 0 Å². The largest absolute Gasteiger partial charge is 0.347 e. The Morgan fingerprint density at radius 3 is 2.53 bits per heavy atom. The van der Waals surface area contributed by atoms with E-state index in [1.54, 1.807) is 13.1 Å². The standard InChI is InChI=1S/C9H15N3O2S/c1-6-11-4-7(15)8(12-6)9(5-10,13-2)14-3/h4,15H,5,10H2,1-3H3. The normalized spacial score (nSPS) is 11.8. The number of nitrogens with two attached hydrogens (primary N) is 1. The van der Waals surface area contributed by atoms with Gasteiger partial charge in [0.1, 0.15) is 11.5 Å². The lowest BCUT2D eigenvalue weighted by molar-refractivity contribution is -0.212. The molecule has 6 heteroatoms. The monoisotopic (exact) mass is 229 g/mol. The fraction of sp³-hybridized carbons (Fsp3) is 0.556. The lowest BCUT2D eigenvalue weighted by Gasteiger charge is -2.29. The molecule has 2 N–H and O–H groups in total. The molecule has 15 heavy (non-hydrogen) atoms. The molecular weight excluding hydrogens is 214 g/mol. The topological polar surface area (TPSA) is 70.3 Å². The van der Waals surface area contributed by atoms with E-state index in [9.17, 15) is 0 Å². The second-order valence-corrected chi connectivity index (χ2v) is 3.50. The molecule has 0 aliphatic heterocycles. The number of thiol groups is 1. The molecule has 5 nitrogen and oxygen atoms in total. The van der Waals surface area contributed by atoms with Crippen molar-refractivity contribution in [3.8, 4) is 0 Å². The second-order valence-electron chi connectivity index (χ2n) is 3.02. The van der Waals surface area contributed by atoms with E-state index < -0.39 is 5.79 Å². The van der Waals surface area contributed by atoms with Crippen LogP contribution in [0.3, 0.4) is 0 Å². The van der Waals surface area contributed by atoms with Gasteiger partial charge in [-0.1, -0.05) is 0 Å². The van der Waals surface area contributed by atoms with E-state index in [2.05, 4.69) is 22.6 Å². The van der Waals surface area contributed by atoms with Crippen LogP contribution in [0.2, 0.25) is 0 Å². The molecule has 84 valence electrons. The van der Waals surface area contributed by atoms with Gasteiger partial charge in [0.05, 0.1) is 6.54 Å². The van der Waals surface area contributed by atoms with Crippen molar-refractivity contribution in [2.75, 3.05) is 20.8 Å². The Kier molecular flexibility index (Phi) is 4.04. The quantitative estimate of drug-likeness (QED) is 0.580. The third kappa shape index (κ3) is 2.28. The number of rotatable bonds is 4. The van der Waals surface area contributed by atoms with Crippen molar-refractivity contribution in [2.24, 2.45) is 5.73 Å². The van der Waals surface area contributed by atoms with Gasteiger partial charge >= 0.3 is 0 Å². The van der Waals surface area contributed by atoms with E-state index in [0.717, 1.165) is 0 Å². The molecule has 0 saturated carbocycles. The lowest BCUT2D eigenvalue weighted by Crippen LogP contribution is -2.40. The van der Waals surface area contributed by atoms with Crippen LogP contribution in [0, 0.1) is 6.92 Å². The van der Waals surface area contributed by atoms with E-state index >= 15 is 0 Å². The van der Waals surface area contributed by atoms with Crippen LogP contribution in [0.25, 0.3) is 0 Å². The predicted molar refractivity (Wildman–Crippen MR) is 58.8 cm³/mol. The van der Waals surface area contributed by atoms with Crippen molar-refractivity contribution in [3.63, 3.8) is 0 Å². The van der Waals surface area contributed by atoms with Crippen LogP contribution in [0.5, 0.6) is 0 Å². The summed E-state index contributed by atoms with van der Waals surface area (Å²) in [7, 11) is 3.03. The van der Waals surface area contributed by atoms with Crippen molar-refractivity contribution in [1.82, 2.24) is 9.97 Å². The van der Waals surface area contributed by atoms with Gasteiger partial charge in [-0.25, -0.2) is 9.97 Å². The smallest absolute Gasteiger partial charge is 0.225 e. The number of hydrogen-bond acceptors (Lipinski definition) is 6. The van der Waals surface area contributed by atoms with Crippen LogP contribution in [-0.4, -0.2) is 30.7 Å². The van der Waals surface area contributed by atoms with Gasteiger partial charge in [-0.3, -0.25) is 0 Å². The third-order valence-corrected chi connectivity index (χ3v) is 2.51. The van der Waals surface area contributed by atoms with Gasteiger partial charge in [0.15, 0.2) is 0 Å². The van der Waals surface area contributed by atoms with Crippen LogP contribution in [0.15, 0.2) is 11.1 Å². The van der Waals surface area contributed by atoms with Crippen molar-refractivity contribution < 1.29 is 9.47 Å². The summed E-state index contributed by atoms with van der Waals surface area (Å²) in [5.74, 6) is -0.431. The van der Waals surface area contributed by atoms with E-state index in [-0.39, 0.29) is 6.54 Å². The highest BCUT2D eigenvalue weighted by molar-refractivity contribution is 7.80. The highest BCUT2D eigenvalue weighted by atomic mass is 32.1. The van der Waals surface area contributed by atoms with Gasteiger partial charge in [0.25, 0.3) is 0 Å². The molecule has 0 atom stereocenters. The fourth-order valence-corrected chi connectivity index (χ4v) is 1.56. The first-order valence-corrected chi connectivity index (χ1v) is 4.88. The summed E-state index contributed by atoms with van der Waals surface area (Å²) in [5.41, 5.74) is 6.18. The molecule has 0 spiro atoms. The van der Waals surface area contributed by atoms with Gasteiger partial charge in [-0.15, -0.1) is 12.6 Å². The highest BCUT2D eigenvalue weighted by Gasteiger charge is 2.34. The first-order valence-electron chi connectivity index (χ1n) is 4.43. The molecule has 0 saturated heterocycles. The highest BCUT2D eigenvalue weighted by Crippen LogP contribution is 2.27. The summed E-state index contributed by atoms with van der Waals surface area (Å²) >= 11 is 4.26. The predicted octanol–water partition coefficient (Wildman–Crippen LogP) is 0.478. The second kappa shape index (κ2) is 4.89. The minimum atomic E-state index is -1.05. The van der Waals surface area contributed by atoms with Crippen LogP contribution in [-0.2, 0) is 15.3 Å². The average molecular weight is 229 g/mol. The summed E-state index contributed by atoms with van der Waals surface area (Å²) < 4.78 is 10.5. The first kappa shape index (κ1) is 12.4. The summed E-state index contributed by atoms with van der Waals surface area (Å²) in [6.07, 6.45) is 1.60. The maximum atomic E-state index is 5.64. The number of hydrogen-bond donors (Lipinski definition) is 2. The minimum Gasteiger partial charge on any atom is -0.347 e. The molecule has 0 bridgehead atoms. The zero-order valence-corrected chi connectivity index (χ0v) is 9.91. The number of ether oxygens (including phenoxy) is 2. The maximum absolute atomic E-state index is 5.64. The Morgan fingerprint density at radius 1 is 1.47 bits per heavy atom. The Balaban J connectivity index is 3.27. The number of nitrogens with zero attached hydrogens (tertiary/aromatic N) is 2. The van der Waals surface area contributed by atoms with Gasteiger partial charge in [0.2, 0.25) is 5.79 Å². The Bertz CT molecular complexity index is 334. The molecule has 1 heterocycles. The Hall–Kier alpha value is -0.690. The average Bonchev–Trinajstić information content (AvgIpc) is 2.26.